The molecule has 0 radical (unpaired) electrons. The van der Waals surface area contributed by atoms with Crippen molar-refractivity contribution < 1.29 is 17.6 Å². The number of hydrogen-bond donors (Lipinski definition) is 1. The molecule has 18 heavy (non-hydrogen) atoms. The van der Waals surface area contributed by atoms with Gasteiger partial charge in [-0.15, -0.1) is 0 Å². The second-order valence-corrected chi connectivity index (χ2v) is 4.97. The molecule has 1 saturated carbocycles. The van der Waals surface area contributed by atoms with Gasteiger partial charge in [-0.3, -0.25) is 0 Å². The summed E-state index contributed by atoms with van der Waals surface area (Å²) < 4.78 is 51.9. The van der Waals surface area contributed by atoms with Crippen molar-refractivity contribution in [1.29, 1.82) is 0 Å². The summed E-state index contributed by atoms with van der Waals surface area (Å²) in [5, 5.41) is 0. The van der Waals surface area contributed by atoms with E-state index in [4.69, 9.17) is 5.73 Å². The number of rotatable bonds is 1. The second-order valence-electron chi connectivity index (χ2n) is 4.97. The minimum absolute atomic E-state index is 0.0803. The highest BCUT2D eigenvalue weighted by Gasteiger charge is 2.47. The number of nitrogens with two attached hydrogens (primary N) is 1. The van der Waals surface area contributed by atoms with Crippen molar-refractivity contribution >= 4 is 0 Å². The van der Waals surface area contributed by atoms with Crippen molar-refractivity contribution in [3.05, 3.63) is 35.6 Å². The molecule has 1 aliphatic rings. The molecule has 0 saturated heterocycles. The van der Waals surface area contributed by atoms with Crippen LogP contribution in [0, 0.1) is 11.7 Å². The fourth-order valence-electron chi connectivity index (χ4n) is 2.70. The summed E-state index contributed by atoms with van der Waals surface area (Å²) in [6.45, 7) is 0. The van der Waals surface area contributed by atoms with E-state index in [1.807, 2.05) is 0 Å². The van der Waals surface area contributed by atoms with E-state index in [1.165, 1.54) is 18.2 Å². The molecule has 0 heterocycles. The first kappa shape index (κ1) is 13.3. The number of hydrogen-bond acceptors (Lipinski definition) is 1. The summed E-state index contributed by atoms with van der Waals surface area (Å²) in [5.41, 5.74) is 5.02. The molecule has 1 fully saturated rings. The molecule has 1 aromatic carbocycles. The van der Waals surface area contributed by atoms with Gasteiger partial charge in [0, 0.05) is 11.1 Å². The highest BCUT2D eigenvalue weighted by atomic mass is 19.4. The second kappa shape index (κ2) is 4.53. The molecule has 2 unspecified atom stereocenters. The predicted molar refractivity (Wildman–Crippen MR) is 60.3 cm³/mol. The zero-order chi connectivity index (χ0) is 13.4. The van der Waals surface area contributed by atoms with Crippen molar-refractivity contribution in [2.75, 3.05) is 0 Å². The van der Waals surface area contributed by atoms with Crippen molar-refractivity contribution in [2.24, 2.45) is 11.7 Å². The molecule has 2 atom stereocenters. The van der Waals surface area contributed by atoms with E-state index in [0.29, 0.717) is 12.8 Å². The highest BCUT2D eigenvalue weighted by Crippen LogP contribution is 2.45. The van der Waals surface area contributed by atoms with Crippen LogP contribution in [0.5, 0.6) is 0 Å². The van der Waals surface area contributed by atoms with Gasteiger partial charge >= 0.3 is 6.18 Å². The Morgan fingerprint density at radius 1 is 1.22 bits per heavy atom. The summed E-state index contributed by atoms with van der Waals surface area (Å²) in [6.07, 6.45) is -3.65. The van der Waals surface area contributed by atoms with Crippen molar-refractivity contribution in [2.45, 2.75) is 37.4 Å². The standard InChI is InChI=1S/C13H15F4N/c14-11-6-2-1-5-10(11)12(18)7-3-4-9(8-12)13(15,16)17/h1-2,5-6,9H,3-4,7-8,18H2. The lowest BCUT2D eigenvalue weighted by atomic mass is 9.72. The number of alkyl halides is 3. The number of benzene rings is 1. The molecule has 0 spiro atoms. The first-order valence-electron chi connectivity index (χ1n) is 5.93. The lowest BCUT2D eigenvalue weighted by Crippen LogP contribution is -2.45. The largest absolute Gasteiger partial charge is 0.391 e. The third-order valence-corrected chi connectivity index (χ3v) is 3.66. The molecular formula is C13H15F4N. The maximum atomic E-state index is 13.7. The van der Waals surface area contributed by atoms with Gasteiger partial charge in [0.15, 0.2) is 0 Å². The molecule has 1 nitrogen and oxygen atoms in total. The summed E-state index contributed by atoms with van der Waals surface area (Å²) in [5.74, 6) is -1.96. The van der Waals surface area contributed by atoms with E-state index in [-0.39, 0.29) is 18.4 Å². The molecule has 5 heteroatoms. The smallest absolute Gasteiger partial charge is 0.321 e. The van der Waals surface area contributed by atoms with Crippen molar-refractivity contribution in [1.82, 2.24) is 0 Å². The Labute approximate surface area is 103 Å². The lowest BCUT2D eigenvalue weighted by Gasteiger charge is -2.39. The van der Waals surface area contributed by atoms with Crippen LogP contribution in [0.1, 0.15) is 31.2 Å². The molecule has 0 bridgehead atoms. The predicted octanol–water partition coefficient (Wildman–Crippen LogP) is 3.73. The molecule has 2 N–H and O–H groups in total. The third kappa shape index (κ3) is 2.51. The highest BCUT2D eigenvalue weighted by molar-refractivity contribution is 5.26. The average Bonchev–Trinajstić information content (AvgIpc) is 2.28. The maximum absolute atomic E-state index is 13.7. The normalized spacial score (nSPS) is 29.3. The molecule has 2 rings (SSSR count). The van der Waals surface area contributed by atoms with Gasteiger partial charge in [-0.05, 0) is 25.3 Å². The van der Waals surface area contributed by atoms with Crippen LogP contribution >= 0.6 is 0 Å². The Morgan fingerprint density at radius 3 is 2.50 bits per heavy atom. The van der Waals surface area contributed by atoms with Crippen LogP contribution < -0.4 is 5.73 Å². The van der Waals surface area contributed by atoms with Crippen LogP contribution in [0.4, 0.5) is 17.6 Å². The zero-order valence-electron chi connectivity index (χ0n) is 9.80. The molecule has 1 aliphatic carbocycles. The molecule has 1 aromatic rings. The van der Waals surface area contributed by atoms with Gasteiger partial charge in [0.1, 0.15) is 5.82 Å². The maximum Gasteiger partial charge on any atom is 0.391 e. The van der Waals surface area contributed by atoms with Gasteiger partial charge < -0.3 is 5.73 Å². The summed E-state index contributed by atoms with van der Waals surface area (Å²) in [4.78, 5) is 0. The zero-order valence-corrected chi connectivity index (χ0v) is 9.80. The van der Waals surface area contributed by atoms with Crippen molar-refractivity contribution in [3.8, 4) is 0 Å². The Balaban J connectivity index is 2.29. The fourth-order valence-corrected chi connectivity index (χ4v) is 2.70. The van der Waals surface area contributed by atoms with Gasteiger partial charge in [0.2, 0.25) is 0 Å². The van der Waals surface area contributed by atoms with Crippen LogP contribution in [0.3, 0.4) is 0 Å². The van der Waals surface area contributed by atoms with Gasteiger partial charge in [0.05, 0.1) is 5.92 Å². The third-order valence-electron chi connectivity index (χ3n) is 3.66. The van der Waals surface area contributed by atoms with Gasteiger partial charge in [-0.1, -0.05) is 24.6 Å². The summed E-state index contributed by atoms with van der Waals surface area (Å²) in [7, 11) is 0. The average molecular weight is 261 g/mol. The van der Waals surface area contributed by atoms with Gasteiger partial charge in [0.25, 0.3) is 0 Å². The minimum Gasteiger partial charge on any atom is -0.321 e. The van der Waals surface area contributed by atoms with E-state index in [9.17, 15) is 17.6 Å². The monoisotopic (exact) mass is 261 g/mol. The molecule has 0 aliphatic heterocycles. The van der Waals surface area contributed by atoms with Crippen LogP contribution in [-0.4, -0.2) is 6.18 Å². The lowest BCUT2D eigenvalue weighted by molar-refractivity contribution is -0.187. The minimum atomic E-state index is -4.25. The molecule has 100 valence electrons. The van der Waals surface area contributed by atoms with Crippen LogP contribution in [0.2, 0.25) is 0 Å². The van der Waals surface area contributed by atoms with Crippen LogP contribution in [0.15, 0.2) is 24.3 Å². The van der Waals surface area contributed by atoms with Crippen molar-refractivity contribution in [3.63, 3.8) is 0 Å². The summed E-state index contributed by atoms with van der Waals surface area (Å²) >= 11 is 0. The molecule has 0 aromatic heterocycles. The van der Waals surface area contributed by atoms with Crippen LogP contribution in [-0.2, 0) is 5.54 Å². The first-order chi connectivity index (χ1) is 8.33. The van der Waals surface area contributed by atoms with Crippen LogP contribution in [0.25, 0.3) is 0 Å². The Morgan fingerprint density at radius 2 is 1.89 bits per heavy atom. The van der Waals surface area contributed by atoms with Gasteiger partial charge in [-0.25, -0.2) is 4.39 Å². The number of halogens is 4. The van der Waals surface area contributed by atoms with E-state index in [0.717, 1.165) is 0 Å². The Bertz CT molecular complexity index is 429. The fraction of sp³-hybridized carbons (Fsp3) is 0.538. The van der Waals surface area contributed by atoms with E-state index < -0.39 is 23.5 Å². The molecular weight excluding hydrogens is 246 g/mol. The van der Waals surface area contributed by atoms with E-state index >= 15 is 0 Å². The SMILES string of the molecule is NC1(c2ccccc2F)CCCC(C(F)(F)F)C1. The summed E-state index contributed by atoms with van der Waals surface area (Å²) in [6, 6.07) is 5.83. The Hall–Kier alpha value is -1.10. The quantitative estimate of drug-likeness (QED) is 0.766. The molecule has 0 amide bonds. The topological polar surface area (TPSA) is 26.0 Å². The first-order valence-corrected chi connectivity index (χ1v) is 5.93. The van der Waals surface area contributed by atoms with E-state index in [1.54, 1.807) is 6.07 Å². The van der Waals surface area contributed by atoms with Gasteiger partial charge in [-0.2, -0.15) is 13.2 Å². The van der Waals surface area contributed by atoms with E-state index in [2.05, 4.69) is 0 Å². The Kier molecular flexibility index (Phi) is 3.36.